The topological polar surface area (TPSA) is 78.9 Å². The van der Waals surface area contributed by atoms with E-state index in [0.717, 1.165) is 116 Å². The number of hydrogen-bond donors (Lipinski definition) is 0. The monoisotopic (exact) mass is 1030 g/mol. The number of hydrogen-bond acceptors (Lipinski definition) is 6. The maximum atomic E-state index is 12.9. The van der Waals surface area contributed by atoms with Gasteiger partial charge in [-0.05, 0) is 122 Å². The molecule has 0 spiro atoms. The van der Waals surface area contributed by atoms with Crippen LogP contribution in [0.25, 0.3) is 0 Å². The number of esters is 3. The van der Waals surface area contributed by atoms with E-state index in [9.17, 15) is 14.4 Å². The van der Waals surface area contributed by atoms with E-state index in [4.69, 9.17) is 14.2 Å². The molecular formula is C68H114O6. The highest BCUT2D eigenvalue weighted by atomic mass is 16.6. The molecule has 0 bridgehead atoms. The number of allylic oxidation sites excluding steroid dienone is 18. The molecule has 0 aromatic carbocycles. The molecule has 0 aliphatic carbocycles. The molecule has 0 saturated carbocycles. The van der Waals surface area contributed by atoms with Crippen molar-refractivity contribution in [3.8, 4) is 0 Å². The number of carbonyl (C=O) groups is 3. The zero-order valence-electron chi connectivity index (χ0n) is 48.3. The Bertz CT molecular complexity index is 1510. The molecular weight excluding hydrogens is 913 g/mol. The molecule has 74 heavy (non-hydrogen) atoms. The Balaban J connectivity index is 4.33. The molecule has 6 heteroatoms. The first-order valence-corrected chi connectivity index (χ1v) is 30.9. The predicted octanol–water partition coefficient (Wildman–Crippen LogP) is 21.0. The SMILES string of the molecule is CC/C=C\C/C=C\C/C=C\C/C=C\C/C=C\C/C=C\CCCCC(=O)OC(COC(=O)CCCCCCC/C=C\CCC)COC(=O)CCCCCCCCCCCCCCC/C=C\C/C=C\CCCCCCC. The second-order valence-corrected chi connectivity index (χ2v) is 20.2. The Morgan fingerprint density at radius 2 is 0.554 bits per heavy atom. The zero-order valence-corrected chi connectivity index (χ0v) is 48.3. The van der Waals surface area contributed by atoms with Gasteiger partial charge < -0.3 is 14.2 Å². The quantitative estimate of drug-likeness (QED) is 0.0261. The van der Waals surface area contributed by atoms with Crippen molar-refractivity contribution in [1.82, 2.24) is 0 Å². The minimum absolute atomic E-state index is 0.0993. The molecule has 0 aliphatic rings. The Morgan fingerprint density at radius 3 is 0.919 bits per heavy atom. The molecule has 0 aliphatic heterocycles. The highest BCUT2D eigenvalue weighted by Gasteiger charge is 2.19. The van der Waals surface area contributed by atoms with Crippen LogP contribution >= 0.6 is 0 Å². The lowest BCUT2D eigenvalue weighted by Gasteiger charge is -2.18. The fourth-order valence-electron chi connectivity index (χ4n) is 8.36. The van der Waals surface area contributed by atoms with E-state index in [1.807, 2.05) is 0 Å². The van der Waals surface area contributed by atoms with Crippen molar-refractivity contribution in [3.63, 3.8) is 0 Å². The third-order valence-corrected chi connectivity index (χ3v) is 13.0. The second-order valence-electron chi connectivity index (χ2n) is 20.2. The molecule has 0 N–H and O–H groups in total. The average Bonchev–Trinajstić information content (AvgIpc) is 3.40. The first-order chi connectivity index (χ1) is 36.5. The highest BCUT2D eigenvalue weighted by molar-refractivity contribution is 5.71. The van der Waals surface area contributed by atoms with Crippen molar-refractivity contribution in [2.45, 2.75) is 290 Å². The van der Waals surface area contributed by atoms with Crippen LogP contribution in [0.4, 0.5) is 0 Å². The highest BCUT2D eigenvalue weighted by Crippen LogP contribution is 2.15. The van der Waals surface area contributed by atoms with Crippen LogP contribution in [-0.4, -0.2) is 37.2 Å². The van der Waals surface area contributed by atoms with Crippen molar-refractivity contribution in [2.75, 3.05) is 13.2 Å². The molecule has 0 fully saturated rings. The number of unbranched alkanes of at least 4 members (excludes halogenated alkanes) is 26. The summed E-state index contributed by atoms with van der Waals surface area (Å²) in [7, 11) is 0. The Hall–Kier alpha value is -3.93. The smallest absolute Gasteiger partial charge is 0.306 e. The fourth-order valence-corrected chi connectivity index (χ4v) is 8.36. The maximum Gasteiger partial charge on any atom is 0.306 e. The van der Waals surface area contributed by atoms with Gasteiger partial charge in [-0.1, -0.05) is 252 Å². The van der Waals surface area contributed by atoms with Gasteiger partial charge in [-0.15, -0.1) is 0 Å². The molecule has 0 saturated heterocycles. The molecule has 0 amide bonds. The third-order valence-electron chi connectivity index (χ3n) is 13.0. The summed E-state index contributed by atoms with van der Waals surface area (Å²) in [5, 5.41) is 0. The fraction of sp³-hybridized carbons (Fsp3) is 0.691. The van der Waals surface area contributed by atoms with Gasteiger partial charge in [0.2, 0.25) is 0 Å². The van der Waals surface area contributed by atoms with E-state index in [1.165, 1.54) is 122 Å². The van der Waals surface area contributed by atoms with Gasteiger partial charge in [0.25, 0.3) is 0 Å². The van der Waals surface area contributed by atoms with Crippen LogP contribution in [-0.2, 0) is 28.6 Å². The summed E-state index contributed by atoms with van der Waals surface area (Å²) in [6.45, 7) is 6.42. The first-order valence-electron chi connectivity index (χ1n) is 30.9. The first kappa shape index (κ1) is 70.1. The Labute approximate surface area is 457 Å². The molecule has 0 rings (SSSR count). The summed E-state index contributed by atoms with van der Waals surface area (Å²) < 4.78 is 16.8. The van der Waals surface area contributed by atoms with E-state index in [2.05, 4.69) is 130 Å². The van der Waals surface area contributed by atoms with E-state index < -0.39 is 6.10 Å². The Morgan fingerprint density at radius 1 is 0.284 bits per heavy atom. The Kier molecular flexibility index (Phi) is 58.3. The summed E-state index contributed by atoms with van der Waals surface area (Å²) >= 11 is 0. The van der Waals surface area contributed by atoms with Crippen molar-refractivity contribution >= 4 is 17.9 Å². The molecule has 6 nitrogen and oxygen atoms in total. The van der Waals surface area contributed by atoms with Gasteiger partial charge in [0.1, 0.15) is 13.2 Å². The molecule has 422 valence electrons. The van der Waals surface area contributed by atoms with Gasteiger partial charge in [0.15, 0.2) is 6.10 Å². The number of ether oxygens (including phenoxy) is 3. The molecule has 1 atom stereocenters. The van der Waals surface area contributed by atoms with E-state index in [-0.39, 0.29) is 37.5 Å². The van der Waals surface area contributed by atoms with Crippen molar-refractivity contribution in [2.24, 2.45) is 0 Å². The number of rotatable bonds is 55. The third kappa shape index (κ3) is 59.0. The minimum atomic E-state index is -0.806. The lowest BCUT2D eigenvalue weighted by atomic mass is 10.0. The maximum absolute atomic E-state index is 12.9. The van der Waals surface area contributed by atoms with Gasteiger partial charge in [-0.2, -0.15) is 0 Å². The molecule has 0 heterocycles. The van der Waals surface area contributed by atoms with Crippen LogP contribution in [0.2, 0.25) is 0 Å². The van der Waals surface area contributed by atoms with Crippen LogP contribution in [0.5, 0.6) is 0 Å². The summed E-state index contributed by atoms with van der Waals surface area (Å²) in [5.74, 6) is -0.952. The normalized spacial score (nSPS) is 12.9. The lowest BCUT2D eigenvalue weighted by Crippen LogP contribution is -2.30. The zero-order chi connectivity index (χ0) is 53.6. The molecule has 1 unspecified atom stereocenters. The van der Waals surface area contributed by atoms with Gasteiger partial charge in [-0.3, -0.25) is 14.4 Å². The van der Waals surface area contributed by atoms with Gasteiger partial charge >= 0.3 is 17.9 Å². The summed E-state index contributed by atoms with van der Waals surface area (Å²) in [6, 6.07) is 0. The largest absolute Gasteiger partial charge is 0.462 e. The van der Waals surface area contributed by atoms with Crippen molar-refractivity contribution in [1.29, 1.82) is 0 Å². The average molecular weight is 1030 g/mol. The second kappa shape index (κ2) is 61.6. The van der Waals surface area contributed by atoms with Crippen molar-refractivity contribution in [3.05, 3.63) is 109 Å². The lowest BCUT2D eigenvalue weighted by molar-refractivity contribution is -0.167. The van der Waals surface area contributed by atoms with Crippen LogP contribution in [0, 0.1) is 0 Å². The summed E-state index contributed by atoms with van der Waals surface area (Å²) in [4.78, 5) is 38.2. The summed E-state index contributed by atoms with van der Waals surface area (Å²) in [5.41, 5.74) is 0. The minimum Gasteiger partial charge on any atom is -0.462 e. The van der Waals surface area contributed by atoms with E-state index in [0.29, 0.717) is 19.3 Å². The van der Waals surface area contributed by atoms with Crippen LogP contribution < -0.4 is 0 Å². The predicted molar refractivity (Wildman–Crippen MR) is 320 cm³/mol. The van der Waals surface area contributed by atoms with E-state index >= 15 is 0 Å². The van der Waals surface area contributed by atoms with Gasteiger partial charge in [0, 0.05) is 19.3 Å². The van der Waals surface area contributed by atoms with Crippen molar-refractivity contribution < 1.29 is 28.6 Å². The van der Waals surface area contributed by atoms with Crippen LogP contribution in [0.15, 0.2) is 109 Å². The standard InChI is InChI=1S/C68H114O6/c1-4-7-10-13-16-19-22-24-26-28-30-32-33-34-35-37-38-40-42-44-46-49-52-55-58-61-67(70)73-64-65(63-72-66(69)60-57-54-51-48-21-18-15-12-9-6-3)74-68(71)62-59-56-53-50-47-45-43-41-39-36-31-29-27-25-23-20-17-14-11-8-5-2/h8,11-12,15,17,20,22,24-25,27-28,30-31,36,41,43,47,50,65H,4-7,9-10,13-14,16,18-19,21,23,26,29,32-35,37-40,42,44-46,48-49,51-64H2,1-3H3/b11-8-,15-12-,20-17-,24-22-,27-25-,30-28-,36-31-,43-41-,50-47-. The summed E-state index contributed by atoms with van der Waals surface area (Å²) in [6.07, 6.45) is 83.9. The molecule has 0 radical (unpaired) electrons. The van der Waals surface area contributed by atoms with Crippen LogP contribution in [0.3, 0.4) is 0 Å². The van der Waals surface area contributed by atoms with Crippen LogP contribution in [0.1, 0.15) is 284 Å². The molecule has 0 aromatic heterocycles. The van der Waals surface area contributed by atoms with E-state index in [1.54, 1.807) is 0 Å². The van der Waals surface area contributed by atoms with Gasteiger partial charge in [-0.25, -0.2) is 0 Å². The van der Waals surface area contributed by atoms with Gasteiger partial charge in [0.05, 0.1) is 0 Å². The number of carbonyl (C=O) groups excluding carboxylic acids is 3. The molecule has 0 aromatic rings.